The molecule has 120 valence electrons. The van der Waals surface area contributed by atoms with E-state index in [4.69, 9.17) is 4.99 Å². The van der Waals surface area contributed by atoms with Gasteiger partial charge in [-0.3, -0.25) is 15.0 Å². The van der Waals surface area contributed by atoms with E-state index in [9.17, 15) is 0 Å². The average molecular weight is 324 g/mol. The fourth-order valence-corrected chi connectivity index (χ4v) is 3.38. The Bertz CT molecular complexity index is 994. The van der Waals surface area contributed by atoms with Crippen molar-refractivity contribution in [3.63, 3.8) is 0 Å². The van der Waals surface area contributed by atoms with Crippen LogP contribution in [0.1, 0.15) is 11.1 Å². The number of hydrogen-bond donors (Lipinski definition) is 1. The quantitative estimate of drug-likeness (QED) is 0.919. The van der Waals surface area contributed by atoms with Crippen LogP contribution in [0.25, 0.3) is 0 Å². The lowest BCUT2D eigenvalue weighted by Crippen LogP contribution is -2.15. The Kier molecular flexibility index (Phi) is 3.20. The molecular weight excluding hydrogens is 308 g/mol. The van der Waals surface area contributed by atoms with Gasteiger partial charge in [-0.25, -0.2) is 0 Å². The second-order valence-corrected chi connectivity index (χ2v) is 6.31. The number of allylic oxidation sites excluding steroid dienone is 4. The summed E-state index contributed by atoms with van der Waals surface area (Å²) in [5.74, 6) is 0.229. The molecule has 4 nitrogen and oxygen atoms in total. The Hall–Kier alpha value is -3.27. The third kappa shape index (κ3) is 2.52. The lowest BCUT2D eigenvalue weighted by Gasteiger charge is -2.16. The SMILES string of the molecule is C1=CC2=NC=C(Nc3ccc4c(c3)N=C(c3cccnc3)C4)C2C=C1. The maximum absolute atomic E-state index is 4.80. The lowest BCUT2D eigenvalue weighted by molar-refractivity contribution is 1.06. The van der Waals surface area contributed by atoms with Crippen LogP contribution >= 0.6 is 0 Å². The standard InChI is InChI=1S/C21H16N4/c1-2-6-18-17(5-1)21(13-23-18)24-16-8-7-14-10-19(25-20(14)11-16)15-4-3-9-22-12-15/h1-9,11-13,17,24H,10H2. The number of hydrogen-bond acceptors (Lipinski definition) is 4. The Labute approximate surface area is 146 Å². The first-order valence-corrected chi connectivity index (χ1v) is 8.37. The molecular formula is C21H16N4. The second kappa shape index (κ2) is 5.67. The monoisotopic (exact) mass is 324 g/mol. The van der Waals surface area contributed by atoms with Crippen LogP contribution in [0.15, 0.2) is 88.9 Å². The minimum absolute atomic E-state index is 0.229. The zero-order valence-corrected chi connectivity index (χ0v) is 13.6. The Morgan fingerprint density at radius 1 is 1.12 bits per heavy atom. The number of fused-ring (bicyclic) bond motifs is 2. The van der Waals surface area contributed by atoms with Crippen LogP contribution in [-0.2, 0) is 6.42 Å². The normalized spacial score (nSPS) is 19.8. The lowest BCUT2D eigenvalue weighted by atomic mass is 9.97. The minimum atomic E-state index is 0.229. The van der Waals surface area contributed by atoms with Crippen LogP contribution in [-0.4, -0.2) is 16.4 Å². The summed E-state index contributed by atoms with van der Waals surface area (Å²) >= 11 is 0. The zero-order valence-electron chi connectivity index (χ0n) is 13.6. The molecule has 3 aliphatic rings. The van der Waals surface area contributed by atoms with Crippen LogP contribution in [0.2, 0.25) is 0 Å². The largest absolute Gasteiger partial charge is 0.357 e. The third-order valence-corrected chi connectivity index (χ3v) is 4.67. The van der Waals surface area contributed by atoms with Crippen molar-refractivity contribution in [1.82, 2.24) is 4.98 Å². The summed E-state index contributed by atoms with van der Waals surface area (Å²) in [6, 6.07) is 10.4. The third-order valence-electron chi connectivity index (χ3n) is 4.67. The summed E-state index contributed by atoms with van der Waals surface area (Å²) in [4.78, 5) is 13.5. The number of pyridine rings is 1. The molecule has 0 saturated heterocycles. The fraction of sp³-hybridized carbons (Fsp3) is 0.0952. The zero-order chi connectivity index (χ0) is 16.6. The Morgan fingerprint density at radius 3 is 3.04 bits per heavy atom. The van der Waals surface area contributed by atoms with E-state index in [0.717, 1.165) is 40.5 Å². The number of nitrogens with one attached hydrogen (secondary N) is 1. The molecule has 25 heavy (non-hydrogen) atoms. The highest BCUT2D eigenvalue weighted by molar-refractivity contribution is 6.06. The molecule has 1 unspecified atom stereocenters. The van der Waals surface area contributed by atoms with Crippen molar-refractivity contribution in [1.29, 1.82) is 0 Å². The van der Waals surface area contributed by atoms with Gasteiger partial charge in [0.05, 0.1) is 23.0 Å². The van der Waals surface area contributed by atoms with Crippen LogP contribution in [0.3, 0.4) is 0 Å². The van der Waals surface area contributed by atoms with E-state index < -0.39 is 0 Å². The number of aliphatic imine (C=N–C) groups is 2. The van der Waals surface area contributed by atoms with E-state index in [2.05, 4.69) is 57.8 Å². The van der Waals surface area contributed by atoms with Gasteiger partial charge >= 0.3 is 0 Å². The number of benzene rings is 1. The van der Waals surface area contributed by atoms with Crippen molar-refractivity contribution >= 4 is 22.8 Å². The first-order chi connectivity index (χ1) is 12.4. The molecule has 4 heteroatoms. The molecule has 1 atom stereocenters. The molecule has 2 aromatic rings. The molecule has 0 radical (unpaired) electrons. The maximum atomic E-state index is 4.80. The Morgan fingerprint density at radius 2 is 2.12 bits per heavy atom. The first kappa shape index (κ1) is 14.1. The number of rotatable bonds is 3. The van der Waals surface area contributed by atoms with E-state index in [1.807, 2.05) is 24.5 Å². The molecule has 0 bridgehead atoms. The predicted molar refractivity (Wildman–Crippen MR) is 101 cm³/mol. The van der Waals surface area contributed by atoms with E-state index in [0.29, 0.717) is 0 Å². The van der Waals surface area contributed by atoms with Gasteiger partial charge in [0.1, 0.15) is 0 Å². The molecule has 0 fully saturated rings. The van der Waals surface area contributed by atoms with Gasteiger partial charge in [0.2, 0.25) is 0 Å². The van der Waals surface area contributed by atoms with Gasteiger partial charge in [0.15, 0.2) is 0 Å². The number of nitrogens with zero attached hydrogens (tertiary/aromatic N) is 3. The van der Waals surface area contributed by atoms with Crippen molar-refractivity contribution in [2.75, 3.05) is 5.32 Å². The van der Waals surface area contributed by atoms with Gasteiger partial charge in [-0.2, -0.15) is 0 Å². The fourth-order valence-electron chi connectivity index (χ4n) is 3.38. The van der Waals surface area contributed by atoms with Crippen LogP contribution < -0.4 is 5.32 Å². The van der Waals surface area contributed by atoms with E-state index in [1.165, 1.54) is 5.56 Å². The molecule has 1 aliphatic carbocycles. The van der Waals surface area contributed by atoms with Crippen molar-refractivity contribution < 1.29 is 0 Å². The molecule has 0 spiro atoms. The highest BCUT2D eigenvalue weighted by Gasteiger charge is 2.23. The van der Waals surface area contributed by atoms with E-state index in [1.54, 1.807) is 6.20 Å². The molecule has 1 aromatic heterocycles. The van der Waals surface area contributed by atoms with E-state index >= 15 is 0 Å². The smallest absolute Gasteiger partial charge is 0.0689 e. The number of aromatic nitrogens is 1. The molecule has 2 aliphatic heterocycles. The van der Waals surface area contributed by atoms with Gasteiger partial charge in [-0.1, -0.05) is 30.4 Å². The second-order valence-electron chi connectivity index (χ2n) is 6.31. The molecule has 0 saturated carbocycles. The topological polar surface area (TPSA) is 49.6 Å². The average Bonchev–Trinajstić information content (AvgIpc) is 3.27. The Balaban J connectivity index is 1.39. The summed E-state index contributed by atoms with van der Waals surface area (Å²) in [7, 11) is 0. The molecule has 1 aromatic carbocycles. The minimum Gasteiger partial charge on any atom is -0.357 e. The first-order valence-electron chi connectivity index (χ1n) is 8.37. The van der Waals surface area contributed by atoms with Crippen molar-refractivity contribution in [2.45, 2.75) is 6.42 Å². The summed E-state index contributed by atoms with van der Waals surface area (Å²) < 4.78 is 0. The van der Waals surface area contributed by atoms with E-state index in [-0.39, 0.29) is 5.92 Å². The summed E-state index contributed by atoms with van der Waals surface area (Å²) in [6.45, 7) is 0. The molecule has 0 amide bonds. The van der Waals surface area contributed by atoms with Crippen LogP contribution in [0, 0.1) is 5.92 Å². The maximum Gasteiger partial charge on any atom is 0.0689 e. The van der Waals surface area contributed by atoms with Crippen molar-refractivity contribution in [3.05, 3.63) is 90.1 Å². The number of anilines is 1. The van der Waals surface area contributed by atoms with Gasteiger partial charge in [0, 0.05) is 42.0 Å². The summed E-state index contributed by atoms with van der Waals surface area (Å²) in [6.07, 6.45) is 14.7. The van der Waals surface area contributed by atoms with Gasteiger partial charge in [-0.15, -0.1) is 0 Å². The van der Waals surface area contributed by atoms with Gasteiger partial charge in [0.25, 0.3) is 0 Å². The molecule has 3 heterocycles. The van der Waals surface area contributed by atoms with Crippen LogP contribution in [0.5, 0.6) is 0 Å². The van der Waals surface area contributed by atoms with Gasteiger partial charge < -0.3 is 5.32 Å². The highest BCUT2D eigenvalue weighted by atomic mass is 15.0. The molecule has 5 rings (SSSR count). The van der Waals surface area contributed by atoms with Crippen molar-refractivity contribution in [3.8, 4) is 0 Å². The van der Waals surface area contributed by atoms with Gasteiger partial charge in [-0.05, 0) is 29.8 Å². The summed E-state index contributed by atoms with van der Waals surface area (Å²) in [5, 5.41) is 3.50. The molecule has 1 N–H and O–H groups in total. The highest BCUT2D eigenvalue weighted by Crippen LogP contribution is 2.33. The van der Waals surface area contributed by atoms with Crippen LogP contribution in [0.4, 0.5) is 11.4 Å². The predicted octanol–water partition coefficient (Wildman–Crippen LogP) is 4.21. The van der Waals surface area contributed by atoms with Crippen molar-refractivity contribution in [2.24, 2.45) is 15.9 Å². The summed E-state index contributed by atoms with van der Waals surface area (Å²) in [5.41, 5.74) is 7.67.